The molecule has 3 nitrogen and oxygen atoms in total. The second-order valence-corrected chi connectivity index (χ2v) is 5.33. The van der Waals surface area contributed by atoms with Crippen molar-refractivity contribution < 1.29 is 13.3 Å². The van der Waals surface area contributed by atoms with Gasteiger partial charge in [-0.05, 0) is 11.5 Å². The van der Waals surface area contributed by atoms with Gasteiger partial charge in [0.2, 0.25) is 0 Å². The fraction of sp³-hybridized carbons (Fsp3) is 1.00. The molecule has 0 aromatic rings. The van der Waals surface area contributed by atoms with Crippen molar-refractivity contribution in [3.8, 4) is 0 Å². The fourth-order valence-electron chi connectivity index (χ4n) is 0.493. The Morgan fingerprint density at radius 1 is 0.917 bits per heavy atom. The zero-order valence-corrected chi connectivity index (χ0v) is 10.6. The van der Waals surface area contributed by atoms with Gasteiger partial charge >= 0.3 is 9.53 Å². The summed E-state index contributed by atoms with van der Waals surface area (Å²) in [6.45, 7) is 4.35. The zero-order valence-electron chi connectivity index (χ0n) is 8.62. The summed E-state index contributed by atoms with van der Waals surface area (Å²) in [5.41, 5.74) is 0. The van der Waals surface area contributed by atoms with Gasteiger partial charge in [0.25, 0.3) is 0 Å². The van der Waals surface area contributed by atoms with Crippen molar-refractivity contribution in [2.24, 2.45) is 0 Å². The van der Waals surface area contributed by atoms with Crippen LogP contribution in [0.25, 0.3) is 0 Å². The molecule has 0 aliphatic carbocycles. The molecule has 0 saturated carbocycles. The van der Waals surface area contributed by atoms with Gasteiger partial charge in [0.05, 0.1) is 0 Å². The summed E-state index contributed by atoms with van der Waals surface area (Å²) in [5.74, 6) is 2.52. The number of hydrogen-bond acceptors (Lipinski definition) is 4. The third-order valence-electron chi connectivity index (χ3n) is 0.986. The molecule has 5 heteroatoms. The maximum atomic E-state index is 4.74. The Hall–Kier alpha value is 0.447. The third kappa shape index (κ3) is 13.1. The lowest BCUT2D eigenvalue weighted by Gasteiger charge is -2.05. The van der Waals surface area contributed by atoms with E-state index in [2.05, 4.69) is 13.8 Å². The van der Waals surface area contributed by atoms with Gasteiger partial charge in [-0.2, -0.15) is 11.8 Å². The molecule has 0 unspecified atom stereocenters. The van der Waals surface area contributed by atoms with Gasteiger partial charge < -0.3 is 13.3 Å². The van der Waals surface area contributed by atoms with Crippen LogP contribution in [0.2, 0.25) is 0 Å². The average molecular weight is 212 g/mol. The van der Waals surface area contributed by atoms with E-state index in [-0.39, 0.29) is 0 Å². The lowest BCUT2D eigenvalue weighted by molar-refractivity contribution is 0.163. The van der Waals surface area contributed by atoms with Gasteiger partial charge in [0, 0.05) is 21.3 Å². The van der Waals surface area contributed by atoms with Crippen LogP contribution in [0.1, 0.15) is 13.8 Å². The predicted molar refractivity (Wildman–Crippen MR) is 56.8 cm³/mol. The average Bonchev–Trinajstić information content (AvgIpc) is 2.10. The van der Waals surface area contributed by atoms with Crippen LogP contribution in [0.3, 0.4) is 0 Å². The Labute approximate surface area is 81.7 Å². The summed E-state index contributed by atoms with van der Waals surface area (Å²) in [5, 5.41) is 0. The van der Waals surface area contributed by atoms with E-state index in [1.165, 1.54) is 11.5 Å². The summed E-state index contributed by atoms with van der Waals surface area (Å²) >= 11 is 1.96. The van der Waals surface area contributed by atoms with Crippen molar-refractivity contribution in [1.82, 2.24) is 0 Å². The number of hydrogen-bond donors (Lipinski definition) is 0. The first kappa shape index (κ1) is 14.9. The number of thioether (sulfide) groups is 1. The molecule has 0 aromatic heterocycles. The summed E-state index contributed by atoms with van der Waals surface area (Å²) in [6, 6.07) is 0. The summed E-state index contributed by atoms with van der Waals surface area (Å²) in [6.07, 6.45) is 0. The molecule has 0 aliphatic rings. The van der Waals surface area contributed by atoms with E-state index in [0.717, 1.165) is 0 Å². The topological polar surface area (TPSA) is 27.7 Å². The maximum absolute atomic E-state index is 4.74. The van der Waals surface area contributed by atoms with E-state index >= 15 is 0 Å². The lowest BCUT2D eigenvalue weighted by atomic mass is 11.0. The van der Waals surface area contributed by atoms with E-state index in [1.54, 1.807) is 21.3 Å². The van der Waals surface area contributed by atoms with Gasteiger partial charge in [0.15, 0.2) is 0 Å². The Morgan fingerprint density at radius 3 is 1.25 bits per heavy atom. The fourth-order valence-corrected chi connectivity index (χ4v) is 1.48. The van der Waals surface area contributed by atoms with Crippen LogP contribution in [0, 0.1) is 0 Å². The summed E-state index contributed by atoms with van der Waals surface area (Å²) in [7, 11) is 3.05. The van der Waals surface area contributed by atoms with Gasteiger partial charge in [-0.1, -0.05) is 13.8 Å². The lowest BCUT2D eigenvalue weighted by Crippen LogP contribution is -2.21. The molecular formula is C7H20O3SSi. The molecule has 0 fully saturated rings. The molecule has 12 heavy (non-hydrogen) atoms. The molecule has 0 amide bonds. The Balaban J connectivity index is 0. The van der Waals surface area contributed by atoms with E-state index in [1.807, 2.05) is 11.8 Å². The minimum absolute atomic E-state index is 1.26. The molecule has 0 spiro atoms. The van der Waals surface area contributed by atoms with Crippen molar-refractivity contribution in [2.45, 2.75) is 13.8 Å². The Bertz CT molecular complexity index is 64.2. The quantitative estimate of drug-likeness (QED) is 0.644. The Morgan fingerprint density at radius 2 is 1.25 bits per heavy atom. The first-order valence-electron chi connectivity index (χ1n) is 3.92. The molecule has 0 aromatic carbocycles. The molecule has 0 radical (unpaired) electrons. The van der Waals surface area contributed by atoms with Crippen LogP contribution < -0.4 is 0 Å². The molecule has 0 aliphatic heterocycles. The summed E-state index contributed by atoms with van der Waals surface area (Å²) < 4.78 is 14.2. The second kappa shape index (κ2) is 14.0. The Kier molecular flexibility index (Phi) is 17.4. The van der Waals surface area contributed by atoms with Crippen molar-refractivity contribution in [1.29, 1.82) is 0 Å². The van der Waals surface area contributed by atoms with Crippen LogP contribution in [0.4, 0.5) is 0 Å². The SMILES string of the molecule is CCSCC.CO[SiH](OC)OC. The van der Waals surface area contributed by atoms with E-state index in [0.29, 0.717) is 0 Å². The molecule has 0 rings (SSSR count). The minimum atomic E-state index is -1.67. The molecule has 0 N–H and O–H groups in total. The number of rotatable bonds is 5. The van der Waals surface area contributed by atoms with E-state index < -0.39 is 9.53 Å². The first-order valence-corrected chi connectivity index (χ1v) is 6.49. The van der Waals surface area contributed by atoms with Crippen LogP contribution in [0.15, 0.2) is 0 Å². The molecular weight excluding hydrogens is 192 g/mol. The highest BCUT2D eigenvalue weighted by molar-refractivity contribution is 7.99. The van der Waals surface area contributed by atoms with Gasteiger partial charge in [-0.3, -0.25) is 0 Å². The van der Waals surface area contributed by atoms with Crippen molar-refractivity contribution in [3.63, 3.8) is 0 Å². The van der Waals surface area contributed by atoms with Crippen LogP contribution >= 0.6 is 11.8 Å². The third-order valence-corrected chi connectivity index (χ3v) is 2.96. The molecule has 0 heterocycles. The normalized spacial score (nSPS) is 9.50. The first-order chi connectivity index (χ1) is 5.76. The second-order valence-electron chi connectivity index (χ2n) is 1.78. The molecule has 0 bridgehead atoms. The largest absolute Gasteiger partial charge is 0.483 e. The van der Waals surface area contributed by atoms with Crippen molar-refractivity contribution in [3.05, 3.63) is 0 Å². The smallest absolute Gasteiger partial charge is 0.379 e. The molecule has 0 saturated heterocycles. The van der Waals surface area contributed by atoms with Crippen molar-refractivity contribution in [2.75, 3.05) is 32.8 Å². The zero-order chi connectivity index (χ0) is 9.82. The van der Waals surface area contributed by atoms with Gasteiger partial charge in [0.1, 0.15) is 0 Å². The van der Waals surface area contributed by atoms with Crippen LogP contribution in [-0.4, -0.2) is 42.4 Å². The van der Waals surface area contributed by atoms with Crippen LogP contribution in [0.5, 0.6) is 0 Å². The predicted octanol–water partition coefficient (Wildman–Crippen LogP) is 1.40. The van der Waals surface area contributed by atoms with Crippen molar-refractivity contribution >= 4 is 21.3 Å². The monoisotopic (exact) mass is 212 g/mol. The van der Waals surface area contributed by atoms with Gasteiger partial charge in [-0.15, -0.1) is 0 Å². The van der Waals surface area contributed by atoms with E-state index in [9.17, 15) is 0 Å². The standard InChI is InChI=1S/C4H10S.C3H10O3Si/c1-3-5-4-2;1-4-7(5-2)6-3/h3-4H2,1-2H3;7H,1-3H3. The summed E-state index contributed by atoms with van der Waals surface area (Å²) in [4.78, 5) is 0. The van der Waals surface area contributed by atoms with E-state index in [4.69, 9.17) is 13.3 Å². The maximum Gasteiger partial charge on any atom is 0.483 e. The highest BCUT2D eigenvalue weighted by Crippen LogP contribution is 1.93. The highest BCUT2D eigenvalue weighted by atomic mass is 32.2. The minimum Gasteiger partial charge on any atom is -0.379 e. The van der Waals surface area contributed by atoms with Gasteiger partial charge in [-0.25, -0.2) is 0 Å². The highest BCUT2D eigenvalue weighted by Gasteiger charge is 2.04. The van der Waals surface area contributed by atoms with Crippen LogP contribution in [-0.2, 0) is 13.3 Å². The molecule has 0 atom stereocenters. The molecule has 76 valence electrons.